The first-order chi connectivity index (χ1) is 24.8. The molecule has 2 nitrogen and oxygen atoms in total. The molecule has 0 saturated carbocycles. The topological polar surface area (TPSA) is 8.17 Å². The highest BCUT2D eigenvalue weighted by atomic mass is 15.1. The maximum Gasteiger partial charge on any atom is 0.0547 e. The maximum atomic E-state index is 2.39. The van der Waals surface area contributed by atoms with Gasteiger partial charge in [0, 0.05) is 33.4 Å². The number of anilines is 3. The Morgan fingerprint density at radius 1 is 0.320 bits per heavy atom. The summed E-state index contributed by atoms with van der Waals surface area (Å²) in [6.07, 6.45) is 0. The molecule has 0 bridgehead atoms. The van der Waals surface area contributed by atoms with Gasteiger partial charge in [-0.05, 0) is 82.4 Å². The second-order valence-corrected chi connectivity index (χ2v) is 12.6. The van der Waals surface area contributed by atoms with Crippen molar-refractivity contribution in [2.75, 3.05) is 4.90 Å². The van der Waals surface area contributed by atoms with E-state index in [2.05, 4.69) is 216 Å². The van der Waals surface area contributed by atoms with Crippen molar-refractivity contribution in [3.05, 3.63) is 206 Å². The molecule has 9 rings (SSSR count). The quantitative estimate of drug-likeness (QED) is 0.169. The predicted octanol–water partition coefficient (Wildman–Crippen LogP) is 13.3. The Labute approximate surface area is 292 Å². The Kier molecular flexibility index (Phi) is 7.53. The zero-order chi connectivity index (χ0) is 33.3. The van der Waals surface area contributed by atoms with Gasteiger partial charge in [-0.3, -0.25) is 0 Å². The normalized spacial score (nSPS) is 11.2. The van der Waals surface area contributed by atoms with Gasteiger partial charge in [0.05, 0.1) is 16.7 Å². The Bertz CT molecular complexity index is 2570. The van der Waals surface area contributed by atoms with Crippen molar-refractivity contribution in [2.24, 2.45) is 0 Å². The first kappa shape index (κ1) is 29.5. The van der Waals surface area contributed by atoms with Crippen LogP contribution in [0.25, 0.3) is 60.9 Å². The number of benzene rings is 8. The monoisotopic (exact) mass is 638 g/mol. The molecule has 1 heterocycles. The lowest BCUT2D eigenvalue weighted by Gasteiger charge is -2.28. The molecule has 0 fully saturated rings. The van der Waals surface area contributed by atoms with Crippen molar-refractivity contribution in [2.45, 2.75) is 0 Å². The molecule has 0 atom stereocenters. The molecule has 50 heavy (non-hydrogen) atoms. The summed E-state index contributed by atoms with van der Waals surface area (Å²) in [5.74, 6) is 0. The summed E-state index contributed by atoms with van der Waals surface area (Å²) < 4.78 is 2.39. The fourth-order valence-corrected chi connectivity index (χ4v) is 7.30. The Balaban J connectivity index is 1.21. The first-order valence-electron chi connectivity index (χ1n) is 17.1. The lowest BCUT2D eigenvalue weighted by atomic mass is 9.92. The van der Waals surface area contributed by atoms with Crippen LogP contribution in [0.1, 0.15) is 0 Å². The van der Waals surface area contributed by atoms with Crippen molar-refractivity contribution in [3.8, 4) is 39.1 Å². The average Bonchev–Trinajstić information content (AvgIpc) is 3.53. The summed E-state index contributed by atoms with van der Waals surface area (Å²) in [4.78, 5) is 2.37. The van der Waals surface area contributed by atoms with Crippen LogP contribution >= 0.6 is 0 Å². The van der Waals surface area contributed by atoms with E-state index in [1.807, 2.05) is 0 Å². The van der Waals surface area contributed by atoms with Crippen molar-refractivity contribution < 1.29 is 0 Å². The molecular weight excluding hydrogens is 605 g/mol. The van der Waals surface area contributed by atoms with E-state index < -0.39 is 0 Å². The zero-order valence-corrected chi connectivity index (χ0v) is 27.5. The summed E-state index contributed by atoms with van der Waals surface area (Å²) in [5, 5.41) is 2.51. The summed E-state index contributed by atoms with van der Waals surface area (Å²) in [5.41, 5.74) is 14.0. The van der Waals surface area contributed by atoms with Gasteiger partial charge in [-0.1, -0.05) is 152 Å². The number of hydrogen-bond acceptors (Lipinski definition) is 1. The van der Waals surface area contributed by atoms with Crippen LogP contribution in [0.2, 0.25) is 0 Å². The van der Waals surface area contributed by atoms with Gasteiger partial charge in [-0.25, -0.2) is 0 Å². The van der Waals surface area contributed by atoms with Gasteiger partial charge in [0.25, 0.3) is 0 Å². The molecule has 0 amide bonds. The molecule has 0 aliphatic carbocycles. The van der Waals surface area contributed by atoms with Gasteiger partial charge < -0.3 is 9.47 Å². The van der Waals surface area contributed by atoms with Gasteiger partial charge in [0.1, 0.15) is 0 Å². The standard InChI is InChI=1S/C48H34N2/c1-4-16-35(17-5-1)36-28-31-40(32-29-36)49(38-18-6-2-7-19-38)46-26-14-12-24-43(46)42-23-11-10-22-41(42)37-30-33-45-44-25-13-15-27-47(44)50(48(45)34-37)39-20-8-3-9-21-39/h1-34H. The minimum absolute atomic E-state index is 1.11. The smallest absolute Gasteiger partial charge is 0.0547 e. The van der Waals surface area contributed by atoms with Crippen LogP contribution in [0, 0.1) is 0 Å². The average molecular weight is 639 g/mol. The van der Waals surface area contributed by atoms with Crippen LogP contribution in [0.4, 0.5) is 17.1 Å². The second kappa shape index (κ2) is 12.8. The van der Waals surface area contributed by atoms with E-state index in [1.54, 1.807) is 0 Å². The summed E-state index contributed by atoms with van der Waals surface area (Å²) in [6, 6.07) is 74.0. The van der Waals surface area contributed by atoms with E-state index >= 15 is 0 Å². The lowest BCUT2D eigenvalue weighted by molar-refractivity contribution is 1.18. The fourth-order valence-electron chi connectivity index (χ4n) is 7.30. The molecule has 0 radical (unpaired) electrons. The highest BCUT2D eigenvalue weighted by Crippen LogP contribution is 2.44. The van der Waals surface area contributed by atoms with E-state index in [1.165, 1.54) is 55.2 Å². The number of fused-ring (bicyclic) bond motifs is 3. The van der Waals surface area contributed by atoms with Crippen LogP contribution in [0.5, 0.6) is 0 Å². The summed E-state index contributed by atoms with van der Waals surface area (Å²) in [6.45, 7) is 0. The Morgan fingerprint density at radius 3 is 1.60 bits per heavy atom. The lowest BCUT2D eigenvalue weighted by Crippen LogP contribution is -2.11. The molecule has 9 aromatic rings. The van der Waals surface area contributed by atoms with Crippen LogP contribution in [0.3, 0.4) is 0 Å². The molecular formula is C48H34N2. The second-order valence-electron chi connectivity index (χ2n) is 12.6. The van der Waals surface area contributed by atoms with Crippen LogP contribution in [-0.4, -0.2) is 4.57 Å². The first-order valence-corrected chi connectivity index (χ1v) is 17.1. The van der Waals surface area contributed by atoms with Crippen molar-refractivity contribution in [1.82, 2.24) is 4.57 Å². The van der Waals surface area contributed by atoms with Gasteiger partial charge >= 0.3 is 0 Å². The third-order valence-electron chi connectivity index (χ3n) is 9.61. The number of aromatic nitrogens is 1. The molecule has 0 N–H and O–H groups in total. The van der Waals surface area contributed by atoms with Crippen molar-refractivity contribution >= 4 is 38.9 Å². The Hall–Kier alpha value is -6.64. The molecule has 0 saturated heterocycles. The SMILES string of the molecule is c1ccc(-c2ccc(N(c3ccccc3)c3ccccc3-c3ccccc3-c3ccc4c5ccccc5n(-c5ccccc5)c4c3)cc2)cc1. The van der Waals surface area contributed by atoms with Crippen molar-refractivity contribution in [1.29, 1.82) is 0 Å². The number of nitrogens with zero attached hydrogens (tertiary/aromatic N) is 2. The summed E-state index contributed by atoms with van der Waals surface area (Å²) >= 11 is 0. The Morgan fingerprint density at radius 2 is 0.840 bits per heavy atom. The highest BCUT2D eigenvalue weighted by Gasteiger charge is 2.20. The number of rotatable bonds is 7. The molecule has 2 heteroatoms. The molecule has 0 unspecified atom stereocenters. The van der Waals surface area contributed by atoms with Gasteiger partial charge in [0.2, 0.25) is 0 Å². The molecule has 236 valence electrons. The van der Waals surface area contributed by atoms with E-state index in [0.717, 1.165) is 22.7 Å². The number of para-hydroxylation sites is 4. The van der Waals surface area contributed by atoms with Crippen LogP contribution in [-0.2, 0) is 0 Å². The number of hydrogen-bond donors (Lipinski definition) is 0. The minimum Gasteiger partial charge on any atom is -0.310 e. The zero-order valence-electron chi connectivity index (χ0n) is 27.5. The maximum absolute atomic E-state index is 2.39. The van der Waals surface area contributed by atoms with Crippen LogP contribution < -0.4 is 4.90 Å². The third kappa shape index (κ3) is 5.24. The molecule has 1 aromatic heterocycles. The molecule has 0 aliphatic heterocycles. The third-order valence-corrected chi connectivity index (χ3v) is 9.61. The fraction of sp³-hybridized carbons (Fsp3) is 0. The van der Waals surface area contributed by atoms with E-state index in [4.69, 9.17) is 0 Å². The van der Waals surface area contributed by atoms with Crippen LogP contribution in [0.15, 0.2) is 206 Å². The molecule has 0 spiro atoms. The van der Waals surface area contributed by atoms with E-state index in [-0.39, 0.29) is 0 Å². The summed E-state index contributed by atoms with van der Waals surface area (Å²) in [7, 11) is 0. The molecule has 0 aliphatic rings. The van der Waals surface area contributed by atoms with Gasteiger partial charge in [-0.2, -0.15) is 0 Å². The van der Waals surface area contributed by atoms with E-state index in [0.29, 0.717) is 0 Å². The molecule has 8 aromatic carbocycles. The van der Waals surface area contributed by atoms with Gasteiger partial charge in [0.15, 0.2) is 0 Å². The largest absolute Gasteiger partial charge is 0.310 e. The van der Waals surface area contributed by atoms with Crippen molar-refractivity contribution in [3.63, 3.8) is 0 Å². The predicted molar refractivity (Wildman–Crippen MR) is 212 cm³/mol. The minimum atomic E-state index is 1.11. The highest BCUT2D eigenvalue weighted by molar-refractivity contribution is 6.10. The van der Waals surface area contributed by atoms with Gasteiger partial charge in [-0.15, -0.1) is 0 Å². The van der Waals surface area contributed by atoms with E-state index in [9.17, 15) is 0 Å².